The second kappa shape index (κ2) is 7.72. The topological polar surface area (TPSA) is 54.1 Å². The van der Waals surface area contributed by atoms with Gasteiger partial charge < -0.3 is 15.0 Å². The average Bonchev–Trinajstić information content (AvgIpc) is 3.18. The van der Waals surface area contributed by atoms with Gasteiger partial charge in [-0.3, -0.25) is 4.79 Å². The van der Waals surface area contributed by atoms with Gasteiger partial charge >= 0.3 is 0 Å². The molecule has 1 atom stereocenters. The quantitative estimate of drug-likeness (QED) is 0.374. The lowest BCUT2D eigenvalue weighted by Gasteiger charge is -2.30. The monoisotopic (exact) mass is 422 g/mol. The van der Waals surface area contributed by atoms with Crippen molar-refractivity contribution in [3.8, 4) is 17.0 Å². The third-order valence-corrected chi connectivity index (χ3v) is 5.65. The maximum Gasteiger partial charge on any atom is 0.198 e. The lowest BCUT2D eigenvalue weighted by atomic mass is 9.89. The highest BCUT2D eigenvalue weighted by atomic mass is 16.5. The minimum atomic E-state index is -0.543. The van der Waals surface area contributed by atoms with Crippen LogP contribution in [0.3, 0.4) is 0 Å². The molecule has 160 valence electrons. The largest absolute Gasteiger partial charge is 0.480 e. The van der Waals surface area contributed by atoms with Crippen LogP contribution in [0.15, 0.2) is 90.6 Å². The third kappa shape index (κ3) is 3.58. The van der Waals surface area contributed by atoms with Gasteiger partial charge in [-0.2, -0.15) is 0 Å². The SMILES string of the molecule is CC(C)(C)N/C=C1\C(=O)c2ccccc2OC1c1c(-c2ccccc2)[nH]c2ccccc12. The van der Waals surface area contributed by atoms with Crippen molar-refractivity contribution in [3.05, 3.63) is 102 Å². The van der Waals surface area contributed by atoms with E-state index in [1.807, 2.05) is 60.8 Å². The van der Waals surface area contributed by atoms with Gasteiger partial charge in [-0.05, 0) is 44.5 Å². The predicted molar refractivity (Wildman–Crippen MR) is 129 cm³/mol. The van der Waals surface area contributed by atoms with Gasteiger partial charge in [-0.25, -0.2) is 0 Å². The fraction of sp³-hybridized carbons (Fsp3) is 0.179. The molecule has 2 N–H and O–H groups in total. The summed E-state index contributed by atoms with van der Waals surface area (Å²) in [5.74, 6) is 0.595. The molecule has 0 aliphatic carbocycles. The molecular formula is C28H26N2O2. The van der Waals surface area contributed by atoms with Crippen molar-refractivity contribution < 1.29 is 9.53 Å². The fourth-order valence-corrected chi connectivity index (χ4v) is 4.14. The Morgan fingerprint density at radius 1 is 0.906 bits per heavy atom. The van der Waals surface area contributed by atoms with Gasteiger partial charge in [0.2, 0.25) is 0 Å². The lowest BCUT2D eigenvalue weighted by molar-refractivity contribution is 0.0960. The Balaban J connectivity index is 1.76. The summed E-state index contributed by atoms with van der Waals surface area (Å²) in [7, 11) is 0. The normalized spacial score (nSPS) is 17.3. The lowest BCUT2D eigenvalue weighted by Crippen LogP contribution is -2.34. The zero-order valence-electron chi connectivity index (χ0n) is 18.5. The van der Waals surface area contributed by atoms with Crippen LogP contribution in [0.4, 0.5) is 0 Å². The second-order valence-corrected chi connectivity index (χ2v) is 9.14. The Hall–Kier alpha value is -3.79. The number of benzene rings is 3. The number of aromatic amines is 1. The van der Waals surface area contributed by atoms with Crippen LogP contribution in [-0.2, 0) is 0 Å². The molecule has 0 spiro atoms. The van der Waals surface area contributed by atoms with E-state index >= 15 is 0 Å². The molecule has 32 heavy (non-hydrogen) atoms. The maximum atomic E-state index is 13.6. The Morgan fingerprint density at radius 3 is 2.38 bits per heavy atom. The zero-order valence-corrected chi connectivity index (χ0v) is 18.5. The number of hydrogen-bond acceptors (Lipinski definition) is 3. The number of carbonyl (C=O) groups excluding carboxylic acids is 1. The summed E-state index contributed by atoms with van der Waals surface area (Å²) in [5.41, 5.74) is 5.00. The van der Waals surface area contributed by atoms with Crippen molar-refractivity contribution in [2.24, 2.45) is 0 Å². The first-order chi connectivity index (χ1) is 15.4. The molecule has 0 radical (unpaired) electrons. The Kier molecular flexibility index (Phi) is 4.86. The molecule has 0 amide bonds. The van der Waals surface area contributed by atoms with Crippen LogP contribution in [0.2, 0.25) is 0 Å². The average molecular weight is 423 g/mol. The summed E-state index contributed by atoms with van der Waals surface area (Å²) in [5, 5.41) is 4.43. The van der Waals surface area contributed by atoms with Crippen molar-refractivity contribution >= 4 is 16.7 Å². The molecule has 0 saturated heterocycles. The molecule has 3 aromatic carbocycles. The van der Waals surface area contributed by atoms with Crippen LogP contribution >= 0.6 is 0 Å². The molecule has 1 aromatic heterocycles. The van der Waals surface area contributed by atoms with Gasteiger partial charge in [0.05, 0.1) is 16.8 Å². The van der Waals surface area contributed by atoms with E-state index in [1.165, 1.54) is 0 Å². The van der Waals surface area contributed by atoms with E-state index in [-0.39, 0.29) is 11.3 Å². The summed E-state index contributed by atoms with van der Waals surface area (Å²) in [6.45, 7) is 6.22. The Labute approximate surface area is 187 Å². The summed E-state index contributed by atoms with van der Waals surface area (Å²) in [6, 6.07) is 25.8. The van der Waals surface area contributed by atoms with Gasteiger partial charge in [-0.15, -0.1) is 0 Å². The summed E-state index contributed by atoms with van der Waals surface area (Å²) in [4.78, 5) is 17.2. The van der Waals surface area contributed by atoms with Crippen LogP contribution in [-0.4, -0.2) is 16.3 Å². The molecule has 0 saturated carbocycles. The summed E-state index contributed by atoms with van der Waals surface area (Å²) < 4.78 is 6.55. The number of H-pyrrole nitrogens is 1. The van der Waals surface area contributed by atoms with Crippen LogP contribution in [0, 0.1) is 0 Å². The van der Waals surface area contributed by atoms with Crippen molar-refractivity contribution in [1.82, 2.24) is 10.3 Å². The van der Waals surface area contributed by atoms with Gasteiger partial charge in [0.1, 0.15) is 5.75 Å². The first kappa shape index (κ1) is 20.1. The Bertz CT molecular complexity index is 1330. The van der Waals surface area contributed by atoms with Crippen LogP contribution < -0.4 is 10.1 Å². The molecule has 1 unspecified atom stereocenters. The van der Waals surface area contributed by atoms with E-state index in [1.54, 1.807) is 0 Å². The number of carbonyl (C=O) groups is 1. The fourth-order valence-electron chi connectivity index (χ4n) is 4.14. The molecule has 2 heterocycles. The van der Waals surface area contributed by atoms with Crippen LogP contribution in [0.5, 0.6) is 5.75 Å². The second-order valence-electron chi connectivity index (χ2n) is 9.14. The summed E-state index contributed by atoms with van der Waals surface area (Å²) >= 11 is 0. The van der Waals surface area contributed by atoms with Crippen LogP contribution in [0.1, 0.15) is 42.8 Å². The number of Topliss-reactive ketones (excluding diaryl/α,β-unsaturated/α-hetero) is 1. The molecule has 0 bridgehead atoms. The number of hydrogen-bond donors (Lipinski definition) is 2. The van der Waals surface area contributed by atoms with Gasteiger partial charge in [0.15, 0.2) is 11.9 Å². The minimum Gasteiger partial charge on any atom is -0.480 e. The maximum absolute atomic E-state index is 13.6. The molecule has 1 aliphatic rings. The molecular weight excluding hydrogens is 396 g/mol. The van der Waals surface area contributed by atoms with E-state index in [2.05, 4.69) is 55.3 Å². The molecule has 5 rings (SSSR count). The standard InChI is InChI=1S/C28H26N2O2/c1-28(2,3)29-17-21-26(31)20-14-8-10-16-23(20)32-27(21)24-19-13-7-9-15-22(19)30-25(24)18-11-5-4-6-12-18/h4-17,27,29-30H,1-3H3/b21-17+. The Morgan fingerprint density at radius 2 is 1.59 bits per heavy atom. The highest BCUT2D eigenvalue weighted by Gasteiger charge is 2.36. The van der Waals surface area contributed by atoms with Gasteiger partial charge in [0.25, 0.3) is 0 Å². The van der Waals surface area contributed by atoms with Crippen molar-refractivity contribution in [2.75, 3.05) is 0 Å². The minimum absolute atomic E-state index is 0.0158. The van der Waals surface area contributed by atoms with Crippen LogP contribution in [0.25, 0.3) is 22.2 Å². The van der Waals surface area contributed by atoms with E-state index in [0.29, 0.717) is 16.9 Å². The van der Waals surface area contributed by atoms with Gasteiger partial charge in [0, 0.05) is 28.2 Å². The molecule has 0 fully saturated rings. The number of ether oxygens (including phenoxy) is 1. The highest BCUT2D eigenvalue weighted by molar-refractivity contribution is 6.13. The molecule has 4 aromatic rings. The summed E-state index contributed by atoms with van der Waals surface area (Å²) in [6.07, 6.45) is 1.29. The smallest absolute Gasteiger partial charge is 0.198 e. The first-order valence-electron chi connectivity index (χ1n) is 10.9. The van der Waals surface area contributed by atoms with E-state index in [0.717, 1.165) is 27.7 Å². The number of rotatable bonds is 3. The molecule has 4 nitrogen and oxygen atoms in total. The number of para-hydroxylation sites is 2. The third-order valence-electron chi connectivity index (χ3n) is 5.65. The van der Waals surface area contributed by atoms with E-state index in [9.17, 15) is 4.79 Å². The zero-order chi connectivity index (χ0) is 22.3. The predicted octanol–water partition coefficient (Wildman–Crippen LogP) is 6.42. The van der Waals surface area contributed by atoms with E-state index < -0.39 is 6.10 Å². The van der Waals surface area contributed by atoms with Crippen molar-refractivity contribution in [3.63, 3.8) is 0 Å². The van der Waals surface area contributed by atoms with Gasteiger partial charge in [-0.1, -0.05) is 60.7 Å². The number of ketones is 1. The van der Waals surface area contributed by atoms with Crippen molar-refractivity contribution in [2.45, 2.75) is 32.4 Å². The number of nitrogens with one attached hydrogen (secondary N) is 2. The van der Waals surface area contributed by atoms with Crippen molar-refractivity contribution in [1.29, 1.82) is 0 Å². The number of aromatic nitrogens is 1. The molecule has 1 aliphatic heterocycles. The highest BCUT2D eigenvalue weighted by Crippen LogP contribution is 2.44. The first-order valence-corrected chi connectivity index (χ1v) is 10.9. The molecule has 4 heteroatoms. The van der Waals surface area contributed by atoms with E-state index in [4.69, 9.17) is 4.74 Å². The number of fused-ring (bicyclic) bond motifs is 2.